The Morgan fingerprint density at radius 3 is 2.29 bits per heavy atom. The molecule has 0 bridgehead atoms. The molecule has 1 heterocycles. The molecule has 1 spiro atoms. The van der Waals surface area contributed by atoms with Gasteiger partial charge in [-0.1, -0.05) is 6.42 Å². The van der Waals surface area contributed by atoms with Crippen molar-refractivity contribution in [3.63, 3.8) is 0 Å². The van der Waals surface area contributed by atoms with Gasteiger partial charge in [-0.2, -0.15) is 0 Å². The van der Waals surface area contributed by atoms with Crippen LogP contribution in [0.5, 0.6) is 0 Å². The van der Waals surface area contributed by atoms with E-state index in [1.165, 1.54) is 32.1 Å². The average molecular weight is 338 g/mol. The third-order valence-electron chi connectivity index (χ3n) is 6.27. The Kier molecular flexibility index (Phi) is 4.86. The van der Waals surface area contributed by atoms with Crippen LogP contribution in [0.3, 0.4) is 0 Å². The summed E-state index contributed by atoms with van der Waals surface area (Å²) in [5, 5.41) is 13.3. The van der Waals surface area contributed by atoms with Crippen LogP contribution in [0.2, 0.25) is 0 Å². The number of rotatable bonds is 4. The molecule has 5 nitrogen and oxygen atoms in total. The minimum atomic E-state index is -0.411. The summed E-state index contributed by atoms with van der Waals surface area (Å²) >= 11 is 0. The van der Waals surface area contributed by atoms with Gasteiger partial charge in [0.05, 0.1) is 0 Å². The molecule has 1 aliphatic heterocycles. The maximum absolute atomic E-state index is 12.1. The zero-order valence-electron chi connectivity index (χ0n) is 15.6. The molecule has 0 aromatic carbocycles. The van der Waals surface area contributed by atoms with Crippen molar-refractivity contribution >= 4 is 6.09 Å². The van der Waals surface area contributed by atoms with Gasteiger partial charge in [0.1, 0.15) is 5.60 Å². The van der Waals surface area contributed by atoms with Crippen LogP contribution in [0.25, 0.3) is 0 Å². The topological polar surface area (TPSA) is 61.8 Å². The number of hydrogen-bond donors (Lipinski definition) is 2. The van der Waals surface area contributed by atoms with E-state index < -0.39 is 5.60 Å². The Morgan fingerprint density at radius 1 is 1.21 bits per heavy atom. The lowest BCUT2D eigenvalue weighted by molar-refractivity contribution is -0.0526. The molecule has 0 radical (unpaired) electrons. The van der Waals surface area contributed by atoms with Gasteiger partial charge in [0.25, 0.3) is 0 Å². The van der Waals surface area contributed by atoms with Gasteiger partial charge in [0.2, 0.25) is 0 Å². The number of aliphatic hydroxyl groups is 1. The average Bonchev–Trinajstić information content (AvgIpc) is 2.43. The number of aliphatic hydroxyl groups excluding tert-OH is 1. The molecule has 0 aromatic heterocycles. The van der Waals surface area contributed by atoms with Gasteiger partial charge in [-0.15, -0.1) is 0 Å². The second kappa shape index (κ2) is 6.49. The fraction of sp³-hybridized carbons (Fsp3) is 0.947. The maximum atomic E-state index is 12.1. The van der Waals surface area contributed by atoms with E-state index in [-0.39, 0.29) is 11.5 Å². The first kappa shape index (κ1) is 18.0. The highest BCUT2D eigenvalue weighted by Gasteiger charge is 2.48. The fourth-order valence-electron chi connectivity index (χ4n) is 4.40. The van der Waals surface area contributed by atoms with Crippen LogP contribution in [-0.4, -0.2) is 54.0 Å². The molecule has 138 valence electrons. The van der Waals surface area contributed by atoms with E-state index >= 15 is 0 Å². The molecule has 2 saturated carbocycles. The molecule has 2 aliphatic carbocycles. The minimum Gasteiger partial charge on any atom is -0.444 e. The number of carbonyl (C=O) groups is 1. The molecule has 3 rings (SSSR count). The third kappa shape index (κ3) is 3.88. The van der Waals surface area contributed by atoms with Gasteiger partial charge in [-0.3, -0.25) is 0 Å². The van der Waals surface area contributed by atoms with Crippen LogP contribution in [0, 0.1) is 10.8 Å². The molecular weight excluding hydrogens is 304 g/mol. The van der Waals surface area contributed by atoms with Crippen molar-refractivity contribution in [3.05, 3.63) is 0 Å². The SMILES string of the molecule is CC(C)(C)OC(=O)N1CC2(CCC(NCC3(CO)CCC3)CC2)C1. The van der Waals surface area contributed by atoms with E-state index in [0.29, 0.717) is 18.1 Å². The smallest absolute Gasteiger partial charge is 0.410 e. The summed E-state index contributed by atoms with van der Waals surface area (Å²) in [6.07, 6.45) is 8.18. The lowest BCUT2D eigenvalue weighted by Crippen LogP contribution is -2.61. The van der Waals surface area contributed by atoms with E-state index in [1.54, 1.807) is 0 Å². The molecular formula is C19H34N2O3. The lowest BCUT2D eigenvalue weighted by Gasteiger charge is -2.53. The minimum absolute atomic E-state index is 0.164. The molecule has 5 heteroatoms. The maximum Gasteiger partial charge on any atom is 0.410 e. The molecule has 1 saturated heterocycles. The highest BCUT2D eigenvalue weighted by molar-refractivity contribution is 5.69. The van der Waals surface area contributed by atoms with Crippen LogP contribution in [0.4, 0.5) is 4.79 Å². The quantitative estimate of drug-likeness (QED) is 0.827. The van der Waals surface area contributed by atoms with Crippen LogP contribution in [0.15, 0.2) is 0 Å². The van der Waals surface area contributed by atoms with Crippen molar-refractivity contribution in [1.29, 1.82) is 0 Å². The summed E-state index contributed by atoms with van der Waals surface area (Å²) in [6, 6.07) is 0.579. The second-order valence-electron chi connectivity index (χ2n) is 9.50. The van der Waals surface area contributed by atoms with Crippen LogP contribution < -0.4 is 5.32 Å². The number of amides is 1. The zero-order valence-corrected chi connectivity index (χ0v) is 15.6. The largest absolute Gasteiger partial charge is 0.444 e. The highest BCUT2D eigenvalue weighted by Crippen LogP contribution is 2.45. The molecule has 3 fully saturated rings. The van der Waals surface area contributed by atoms with Crippen molar-refractivity contribution in [1.82, 2.24) is 10.2 Å². The predicted octanol–water partition coefficient (Wildman–Crippen LogP) is 2.92. The van der Waals surface area contributed by atoms with Crippen molar-refractivity contribution < 1.29 is 14.6 Å². The third-order valence-corrected chi connectivity index (χ3v) is 6.27. The Labute approximate surface area is 146 Å². The number of nitrogens with one attached hydrogen (secondary N) is 1. The zero-order chi connectivity index (χ0) is 17.4. The van der Waals surface area contributed by atoms with Gasteiger partial charge in [0.15, 0.2) is 0 Å². The van der Waals surface area contributed by atoms with E-state index in [9.17, 15) is 9.90 Å². The Hall–Kier alpha value is -0.810. The van der Waals surface area contributed by atoms with E-state index in [2.05, 4.69) is 5.32 Å². The first-order chi connectivity index (χ1) is 11.2. The summed E-state index contributed by atoms with van der Waals surface area (Å²) in [7, 11) is 0. The van der Waals surface area contributed by atoms with Gasteiger partial charge in [-0.25, -0.2) is 4.79 Å². The number of likely N-dealkylation sites (tertiary alicyclic amines) is 1. The van der Waals surface area contributed by atoms with Crippen molar-refractivity contribution in [2.45, 2.75) is 77.4 Å². The number of hydrogen-bond acceptors (Lipinski definition) is 4. The van der Waals surface area contributed by atoms with E-state index in [4.69, 9.17) is 4.74 Å². The van der Waals surface area contributed by atoms with Crippen LogP contribution in [0.1, 0.15) is 65.7 Å². The van der Waals surface area contributed by atoms with E-state index in [0.717, 1.165) is 32.5 Å². The molecule has 0 aromatic rings. The molecule has 24 heavy (non-hydrogen) atoms. The monoisotopic (exact) mass is 338 g/mol. The summed E-state index contributed by atoms with van der Waals surface area (Å²) in [6.45, 7) is 8.74. The van der Waals surface area contributed by atoms with Crippen molar-refractivity contribution in [2.24, 2.45) is 10.8 Å². The van der Waals surface area contributed by atoms with Crippen LogP contribution >= 0.6 is 0 Å². The van der Waals surface area contributed by atoms with Gasteiger partial charge < -0.3 is 20.1 Å². The summed E-state index contributed by atoms with van der Waals surface area (Å²) in [5.41, 5.74) is 0.0882. The summed E-state index contributed by atoms with van der Waals surface area (Å²) in [5.74, 6) is 0. The molecule has 0 atom stereocenters. The van der Waals surface area contributed by atoms with Crippen LogP contribution in [-0.2, 0) is 4.74 Å². The van der Waals surface area contributed by atoms with E-state index in [1.807, 2.05) is 25.7 Å². The molecule has 2 N–H and O–H groups in total. The second-order valence-corrected chi connectivity index (χ2v) is 9.50. The Morgan fingerprint density at radius 2 is 1.83 bits per heavy atom. The lowest BCUT2D eigenvalue weighted by atomic mass is 9.66. The number of nitrogens with zero attached hydrogens (tertiary/aromatic N) is 1. The van der Waals surface area contributed by atoms with Crippen molar-refractivity contribution in [2.75, 3.05) is 26.2 Å². The standard InChI is InChI=1S/C19H34N2O3/c1-17(2,3)24-16(23)21-12-19(13-21)9-5-15(6-10-19)20-11-18(14-22)7-4-8-18/h15,20,22H,4-14H2,1-3H3. The number of ether oxygens (including phenoxy) is 1. The molecule has 1 amide bonds. The van der Waals surface area contributed by atoms with Crippen molar-refractivity contribution in [3.8, 4) is 0 Å². The van der Waals surface area contributed by atoms with Gasteiger partial charge in [-0.05, 0) is 59.3 Å². The predicted molar refractivity (Wildman–Crippen MR) is 93.9 cm³/mol. The Balaban J connectivity index is 1.38. The summed E-state index contributed by atoms with van der Waals surface area (Å²) < 4.78 is 5.45. The number of carbonyl (C=O) groups excluding carboxylic acids is 1. The highest BCUT2D eigenvalue weighted by atomic mass is 16.6. The van der Waals surface area contributed by atoms with Gasteiger partial charge in [0, 0.05) is 43.1 Å². The molecule has 0 unspecified atom stereocenters. The first-order valence-corrected chi connectivity index (χ1v) is 9.57. The first-order valence-electron chi connectivity index (χ1n) is 9.57. The fourth-order valence-corrected chi connectivity index (χ4v) is 4.40. The van der Waals surface area contributed by atoms with Gasteiger partial charge >= 0.3 is 6.09 Å². The summed E-state index contributed by atoms with van der Waals surface area (Å²) in [4.78, 5) is 13.9. The Bertz CT molecular complexity index is 446. The molecule has 3 aliphatic rings. The normalized spacial score (nSPS) is 25.9.